The molecule has 0 fully saturated rings. The molecule has 4 heteroatoms. The first-order valence-corrected chi connectivity index (χ1v) is 6.13. The van der Waals surface area contributed by atoms with E-state index in [1.807, 2.05) is 0 Å². The molecule has 0 aliphatic heterocycles. The maximum absolute atomic E-state index is 5.62. The lowest BCUT2D eigenvalue weighted by atomic mass is 10.1. The molecule has 0 bridgehead atoms. The molecule has 0 spiro atoms. The van der Waals surface area contributed by atoms with Crippen LogP contribution in [-0.4, -0.2) is 9.97 Å². The van der Waals surface area contributed by atoms with Crippen LogP contribution in [0, 0.1) is 0 Å². The summed E-state index contributed by atoms with van der Waals surface area (Å²) in [5.41, 5.74) is 8.17. The van der Waals surface area contributed by atoms with Crippen molar-refractivity contribution in [2.75, 3.05) is 11.1 Å². The highest BCUT2D eigenvalue weighted by molar-refractivity contribution is 5.38. The highest BCUT2D eigenvalue weighted by atomic mass is 15.1. The van der Waals surface area contributed by atoms with Crippen LogP contribution in [-0.2, 0) is 6.42 Å². The number of nitrogens with two attached hydrogens (primary N) is 1. The third-order valence-corrected chi connectivity index (χ3v) is 2.91. The van der Waals surface area contributed by atoms with Gasteiger partial charge in [0.2, 0.25) is 5.95 Å². The van der Waals surface area contributed by atoms with Crippen LogP contribution in [0.2, 0.25) is 0 Å². The molecule has 1 atom stereocenters. The molecule has 1 aromatic heterocycles. The van der Waals surface area contributed by atoms with Gasteiger partial charge in [-0.15, -0.1) is 0 Å². The van der Waals surface area contributed by atoms with Crippen molar-refractivity contribution in [1.82, 2.24) is 9.97 Å². The van der Waals surface area contributed by atoms with Crippen molar-refractivity contribution in [2.45, 2.75) is 26.3 Å². The molecule has 2 rings (SSSR count). The summed E-state index contributed by atoms with van der Waals surface area (Å²) in [5.74, 6) is 1.03. The lowest BCUT2D eigenvalue weighted by Gasteiger charge is -2.14. The summed E-state index contributed by atoms with van der Waals surface area (Å²) in [5, 5.41) is 3.23. The summed E-state index contributed by atoms with van der Waals surface area (Å²) in [4.78, 5) is 8.26. The molecule has 1 aromatic carbocycles. The largest absolute Gasteiger partial charge is 0.384 e. The van der Waals surface area contributed by atoms with E-state index in [0.717, 1.165) is 6.42 Å². The van der Waals surface area contributed by atoms with Gasteiger partial charge < -0.3 is 11.1 Å². The van der Waals surface area contributed by atoms with Gasteiger partial charge in [0.1, 0.15) is 5.82 Å². The fourth-order valence-corrected chi connectivity index (χ4v) is 1.76. The normalized spacial score (nSPS) is 12.1. The van der Waals surface area contributed by atoms with E-state index in [2.05, 4.69) is 53.4 Å². The molecule has 0 amide bonds. The average molecular weight is 242 g/mol. The summed E-state index contributed by atoms with van der Waals surface area (Å²) in [6, 6.07) is 10.4. The van der Waals surface area contributed by atoms with Gasteiger partial charge in [0.05, 0.1) is 6.04 Å². The van der Waals surface area contributed by atoms with Crippen molar-refractivity contribution >= 4 is 11.8 Å². The lowest BCUT2D eigenvalue weighted by Crippen LogP contribution is -2.10. The number of nitrogen functional groups attached to an aromatic ring is 1. The van der Waals surface area contributed by atoms with E-state index < -0.39 is 0 Å². The molecule has 0 aliphatic rings. The van der Waals surface area contributed by atoms with Crippen molar-refractivity contribution in [3.05, 3.63) is 47.7 Å². The standard InChI is InChI=1S/C14H18N4/c1-3-11-4-6-12(7-5-11)10(2)17-14-16-9-8-13(15)18-14/h4-10H,3H2,1-2H3,(H3,15,16,17,18). The number of hydrogen-bond acceptors (Lipinski definition) is 4. The number of rotatable bonds is 4. The first-order chi connectivity index (χ1) is 8.69. The number of nitrogens with one attached hydrogen (secondary N) is 1. The Kier molecular flexibility index (Phi) is 3.77. The zero-order chi connectivity index (χ0) is 13.0. The summed E-state index contributed by atoms with van der Waals surface area (Å²) < 4.78 is 0. The maximum Gasteiger partial charge on any atom is 0.225 e. The van der Waals surface area contributed by atoms with Gasteiger partial charge in [-0.05, 0) is 30.5 Å². The molecule has 94 valence electrons. The highest BCUT2D eigenvalue weighted by Crippen LogP contribution is 2.17. The minimum atomic E-state index is 0.151. The number of nitrogens with zero attached hydrogens (tertiary/aromatic N) is 2. The molecular weight excluding hydrogens is 224 g/mol. The van der Waals surface area contributed by atoms with Crippen molar-refractivity contribution in [1.29, 1.82) is 0 Å². The van der Waals surface area contributed by atoms with Gasteiger partial charge in [0.15, 0.2) is 0 Å². The van der Waals surface area contributed by atoms with Crippen LogP contribution in [0.1, 0.15) is 31.0 Å². The number of aromatic nitrogens is 2. The molecule has 0 saturated carbocycles. The second-order valence-corrected chi connectivity index (χ2v) is 4.27. The molecule has 0 radical (unpaired) electrons. The monoisotopic (exact) mass is 242 g/mol. The molecule has 2 aromatic rings. The maximum atomic E-state index is 5.62. The summed E-state index contributed by atoms with van der Waals surface area (Å²) in [7, 11) is 0. The first kappa shape index (κ1) is 12.4. The van der Waals surface area contributed by atoms with Crippen LogP contribution in [0.4, 0.5) is 11.8 Å². The van der Waals surface area contributed by atoms with Crippen molar-refractivity contribution < 1.29 is 0 Å². The predicted octanol–water partition coefficient (Wildman–Crippen LogP) is 2.79. The van der Waals surface area contributed by atoms with Crippen LogP contribution < -0.4 is 11.1 Å². The molecule has 4 nitrogen and oxygen atoms in total. The van der Waals surface area contributed by atoms with E-state index in [1.54, 1.807) is 12.3 Å². The SMILES string of the molecule is CCc1ccc(C(C)Nc2nccc(N)n2)cc1. The second kappa shape index (κ2) is 5.49. The van der Waals surface area contributed by atoms with Gasteiger partial charge in [0.25, 0.3) is 0 Å². The zero-order valence-corrected chi connectivity index (χ0v) is 10.7. The second-order valence-electron chi connectivity index (χ2n) is 4.27. The fraction of sp³-hybridized carbons (Fsp3) is 0.286. The lowest BCUT2D eigenvalue weighted by molar-refractivity contribution is 0.860. The molecular formula is C14H18N4. The van der Waals surface area contributed by atoms with Crippen LogP contribution in [0.25, 0.3) is 0 Å². The van der Waals surface area contributed by atoms with Crippen molar-refractivity contribution in [2.24, 2.45) is 0 Å². The van der Waals surface area contributed by atoms with E-state index in [1.165, 1.54) is 11.1 Å². The number of benzene rings is 1. The van der Waals surface area contributed by atoms with Gasteiger partial charge >= 0.3 is 0 Å². The number of hydrogen-bond donors (Lipinski definition) is 2. The number of anilines is 2. The van der Waals surface area contributed by atoms with Gasteiger partial charge in [-0.2, -0.15) is 4.98 Å². The number of aryl methyl sites for hydroxylation is 1. The quantitative estimate of drug-likeness (QED) is 0.865. The van der Waals surface area contributed by atoms with E-state index in [9.17, 15) is 0 Å². The Bertz CT molecular complexity index is 507. The predicted molar refractivity (Wildman–Crippen MR) is 74.3 cm³/mol. The van der Waals surface area contributed by atoms with Crippen molar-refractivity contribution in [3.63, 3.8) is 0 Å². The molecule has 1 unspecified atom stereocenters. The van der Waals surface area contributed by atoms with E-state index >= 15 is 0 Å². The van der Waals surface area contributed by atoms with E-state index in [-0.39, 0.29) is 6.04 Å². The summed E-state index contributed by atoms with van der Waals surface area (Å²) in [6.07, 6.45) is 2.71. The topological polar surface area (TPSA) is 63.8 Å². The van der Waals surface area contributed by atoms with Crippen LogP contribution >= 0.6 is 0 Å². The minimum Gasteiger partial charge on any atom is -0.384 e. The van der Waals surface area contributed by atoms with Gasteiger partial charge in [-0.3, -0.25) is 0 Å². The third-order valence-electron chi connectivity index (χ3n) is 2.91. The Morgan fingerprint density at radius 3 is 2.56 bits per heavy atom. The Morgan fingerprint density at radius 2 is 1.94 bits per heavy atom. The Hall–Kier alpha value is -2.10. The zero-order valence-electron chi connectivity index (χ0n) is 10.7. The van der Waals surface area contributed by atoms with Gasteiger partial charge in [0, 0.05) is 6.20 Å². The third kappa shape index (κ3) is 2.97. The molecule has 0 aliphatic carbocycles. The summed E-state index contributed by atoms with van der Waals surface area (Å²) in [6.45, 7) is 4.23. The smallest absolute Gasteiger partial charge is 0.225 e. The molecule has 1 heterocycles. The van der Waals surface area contributed by atoms with Gasteiger partial charge in [-0.25, -0.2) is 4.98 Å². The highest BCUT2D eigenvalue weighted by Gasteiger charge is 2.06. The summed E-state index contributed by atoms with van der Waals surface area (Å²) >= 11 is 0. The first-order valence-electron chi connectivity index (χ1n) is 6.13. The van der Waals surface area contributed by atoms with Crippen molar-refractivity contribution in [3.8, 4) is 0 Å². The van der Waals surface area contributed by atoms with Gasteiger partial charge in [-0.1, -0.05) is 31.2 Å². The molecule has 18 heavy (non-hydrogen) atoms. The Labute approximate surface area is 107 Å². The Morgan fingerprint density at radius 1 is 1.22 bits per heavy atom. The van der Waals surface area contributed by atoms with Crippen LogP contribution in [0.3, 0.4) is 0 Å². The van der Waals surface area contributed by atoms with Crippen LogP contribution in [0.15, 0.2) is 36.5 Å². The van der Waals surface area contributed by atoms with E-state index in [0.29, 0.717) is 11.8 Å². The Balaban J connectivity index is 2.09. The minimum absolute atomic E-state index is 0.151. The molecule has 3 N–H and O–H groups in total. The van der Waals surface area contributed by atoms with Crippen LogP contribution in [0.5, 0.6) is 0 Å². The average Bonchev–Trinajstić information content (AvgIpc) is 2.39. The van der Waals surface area contributed by atoms with E-state index in [4.69, 9.17) is 5.73 Å². The fourth-order valence-electron chi connectivity index (χ4n) is 1.76. The molecule has 0 saturated heterocycles.